The first kappa shape index (κ1) is 15.5. The molecule has 0 unspecified atom stereocenters. The summed E-state index contributed by atoms with van der Waals surface area (Å²) in [6, 6.07) is 0. The predicted molar refractivity (Wildman–Crippen MR) is 84.5 cm³/mol. The van der Waals surface area contributed by atoms with E-state index in [4.69, 9.17) is 0 Å². The van der Waals surface area contributed by atoms with Gasteiger partial charge < -0.3 is 5.32 Å². The number of hydrogen-bond donors (Lipinski definition) is 1. The van der Waals surface area contributed by atoms with Crippen LogP contribution in [0.2, 0.25) is 0 Å². The summed E-state index contributed by atoms with van der Waals surface area (Å²) >= 11 is 1.54. The number of carbonyl (C=O) groups is 1. The van der Waals surface area contributed by atoms with Crippen LogP contribution in [0.15, 0.2) is 0 Å². The Balaban J connectivity index is 1.96. The second-order valence-electron chi connectivity index (χ2n) is 6.90. The summed E-state index contributed by atoms with van der Waals surface area (Å²) in [5, 5.41) is 4.15. The lowest BCUT2D eigenvalue weighted by molar-refractivity contribution is 0.0947. The van der Waals surface area contributed by atoms with E-state index < -0.39 is 0 Å². The molecule has 0 radical (unpaired) electrons. The molecule has 1 aliphatic rings. The highest BCUT2D eigenvalue weighted by Crippen LogP contribution is 2.29. The SMILES string of the molecule is Cc1nc(C(C)(C)C)sc1C(=O)NCC1CCCCC1. The molecule has 4 heteroatoms. The van der Waals surface area contributed by atoms with E-state index >= 15 is 0 Å². The Morgan fingerprint density at radius 3 is 2.50 bits per heavy atom. The highest BCUT2D eigenvalue weighted by atomic mass is 32.1. The van der Waals surface area contributed by atoms with Crippen LogP contribution in [-0.2, 0) is 5.41 Å². The smallest absolute Gasteiger partial charge is 0.263 e. The largest absolute Gasteiger partial charge is 0.351 e. The number of nitrogens with one attached hydrogen (secondary N) is 1. The van der Waals surface area contributed by atoms with Crippen LogP contribution in [0.1, 0.15) is 73.2 Å². The fourth-order valence-electron chi connectivity index (χ4n) is 2.64. The standard InChI is InChI=1S/C16H26N2OS/c1-11-13(20-15(18-11)16(2,3)4)14(19)17-10-12-8-6-5-7-9-12/h12H,5-10H2,1-4H3,(H,17,19). The molecule has 1 saturated carbocycles. The molecule has 0 aliphatic heterocycles. The van der Waals surface area contributed by atoms with Gasteiger partial charge in [-0.25, -0.2) is 4.98 Å². The molecule has 3 nitrogen and oxygen atoms in total. The van der Waals surface area contributed by atoms with Crippen LogP contribution in [0.25, 0.3) is 0 Å². The molecule has 0 atom stereocenters. The van der Waals surface area contributed by atoms with Gasteiger partial charge in [0.05, 0.1) is 10.7 Å². The Hall–Kier alpha value is -0.900. The molecule has 0 spiro atoms. The van der Waals surface area contributed by atoms with Crippen molar-refractivity contribution in [2.75, 3.05) is 6.54 Å². The van der Waals surface area contributed by atoms with Crippen LogP contribution >= 0.6 is 11.3 Å². The minimum absolute atomic E-state index is 0.0112. The Kier molecular flexibility index (Phi) is 4.84. The predicted octanol–water partition coefficient (Wildman–Crippen LogP) is 4.06. The number of nitrogens with zero attached hydrogens (tertiary/aromatic N) is 1. The van der Waals surface area contributed by atoms with Gasteiger partial charge in [0.1, 0.15) is 4.88 Å². The summed E-state index contributed by atoms with van der Waals surface area (Å²) in [7, 11) is 0. The summed E-state index contributed by atoms with van der Waals surface area (Å²) in [4.78, 5) is 17.6. The molecule has 20 heavy (non-hydrogen) atoms. The van der Waals surface area contributed by atoms with Gasteiger partial charge in [-0.1, -0.05) is 40.0 Å². The lowest BCUT2D eigenvalue weighted by atomic mass is 9.89. The number of hydrogen-bond acceptors (Lipinski definition) is 3. The molecule has 1 amide bonds. The van der Waals surface area contributed by atoms with Crippen molar-refractivity contribution in [3.05, 3.63) is 15.6 Å². The van der Waals surface area contributed by atoms with Gasteiger partial charge in [-0.05, 0) is 25.7 Å². The summed E-state index contributed by atoms with van der Waals surface area (Å²) in [5.41, 5.74) is 0.873. The maximum Gasteiger partial charge on any atom is 0.263 e. The molecule has 2 rings (SSSR count). The van der Waals surface area contributed by atoms with Gasteiger partial charge in [-0.2, -0.15) is 0 Å². The Bertz CT molecular complexity index is 467. The average Bonchev–Trinajstić information content (AvgIpc) is 2.79. The van der Waals surface area contributed by atoms with Crippen LogP contribution in [-0.4, -0.2) is 17.4 Å². The highest BCUT2D eigenvalue weighted by molar-refractivity contribution is 7.14. The molecule has 112 valence electrons. The molecule has 0 aromatic carbocycles. The normalized spacial score (nSPS) is 17.2. The Morgan fingerprint density at radius 2 is 1.95 bits per heavy atom. The van der Waals surface area contributed by atoms with Crippen molar-refractivity contribution in [2.45, 2.75) is 65.2 Å². The molecule has 1 aromatic heterocycles. The minimum Gasteiger partial charge on any atom is -0.351 e. The maximum absolute atomic E-state index is 12.3. The number of aryl methyl sites for hydroxylation is 1. The second-order valence-corrected chi connectivity index (χ2v) is 7.90. The highest BCUT2D eigenvalue weighted by Gasteiger charge is 2.23. The summed E-state index contributed by atoms with van der Waals surface area (Å²) in [5.74, 6) is 0.726. The molecule has 1 aromatic rings. The first-order valence-corrected chi connectivity index (χ1v) is 8.45. The quantitative estimate of drug-likeness (QED) is 0.913. The van der Waals surface area contributed by atoms with Crippen molar-refractivity contribution in [1.29, 1.82) is 0 Å². The van der Waals surface area contributed by atoms with Gasteiger partial charge in [-0.3, -0.25) is 4.79 Å². The summed E-state index contributed by atoms with van der Waals surface area (Å²) in [6.45, 7) is 9.15. The number of aromatic nitrogens is 1. The monoisotopic (exact) mass is 294 g/mol. The zero-order chi connectivity index (χ0) is 14.8. The minimum atomic E-state index is 0.0112. The van der Waals surface area contributed by atoms with Crippen molar-refractivity contribution >= 4 is 17.2 Å². The van der Waals surface area contributed by atoms with Crippen LogP contribution in [0.4, 0.5) is 0 Å². The number of amides is 1. The van der Waals surface area contributed by atoms with E-state index in [9.17, 15) is 4.79 Å². The van der Waals surface area contributed by atoms with Crippen LogP contribution < -0.4 is 5.32 Å². The fraction of sp³-hybridized carbons (Fsp3) is 0.750. The summed E-state index contributed by atoms with van der Waals surface area (Å²) < 4.78 is 0. The van der Waals surface area contributed by atoms with Crippen LogP contribution in [0.3, 0.4) is 0 Å². The Morgan fingerprint density at radius 1 is 1.30 bits per heavy atom. The van der Waals surface area contributed by atoms with Crippen molar-refractivity contribution in [2.24, 2.45) is 5.92 Å². The van der Waals surface area contributed by atoms with Crippen molar-refractivity contribution in [3.63, 3.8) is 0 Å². The van der Waals surface area contributed by atoms with Gasteiger partial charge in [0, 0.05) is 12.0 Å². The number of thiazole rings is 1. The first-order valence-electron chi connectivity index (χ1n) is 7.64. The van der Waals surface area contributed by atoms with E-state index in [0.29, 0.717) is 5.92 Å². The summed E-state index contributed by atoms with van der Waals surface area (Å²) in [6.07, 6.45) is 6.50. The molecular formula is C16H26N2OS. The van der Waals surface area contributed by atoms with Crippen LogP contribution in [0.5, 0.6) is 0 Å². The zero-order valence-corrected chi connectivity index (χ0v) is 13.9. The van der Waals surface area contributed by atoms with E-state index in [2.05, 4.69) is 31.1 Å². The number of rotatable bonds is 3. The molecule has 1 heterocycles. The van der Waals surface area contributed by atoms with E-state index in [1.807, 2.05) is 6.92 Å². The van der Waals surface area contributed by atoms with E-state index in [-0.39, 0.29) is 11.3 Å². The van der Waals surface area contributed by atoms with Gasteiger partial charge in [0.15, 0.2) is 0 Å². The molecule has 0 saturated heterocycles. The Labute approximate surface area is 126 Å². The van der Waals surface area contributed by atoms with Gasteiger partial charge in [0.25, 0.3) is 5.91 Å². The first-order chi connectivity index (χ1) is 9.38. The van der Waals surface area contributed by atoms with Crippen molar-refractivity contribution in [1.82, 2.24) is 10.3 Å². The molecular weight excluding hydrogens is 268 g/mol. The third-order valence-corrected chi connectivity index (χ3v) is 5.50. The van der Waals surface area contributed by atoms with Crippen LogP contribution in [0, 0.1) is 12.8 Å². The molecule has 1 aliphatic carbocycles. The third-order valence-electron chi connectivity index (χ3n) is 3.92. The fourth-order valence-corrected chi connectivity index (χ4v) is 3.68. The molecule has 1 fully saturated rings. The second kappa shape index (κ2) is 6.25. The average molecular weight is 294 g/mol. The maximum atomic E-state index is 12.3. The third kappa shape index (κ3) is 3.81. The lowest BCUT2D eigenvalue weighted by Gasteiger charge is -2.21. The molecule has 0 bridgehead atoms. The van der Waals surface area contributed by atoms with Gasteiger partial charge in [0.2, 0.25) is 0 Å². The van der Waals surface area contributed by atoms with Gasteiger partial charge in [-0.15, -0.1) is 11.3 Å². The number of carbonyl (C=O) groups excluding carboxylic acids is 1. The van der Waals surface area contributed by atoms with Crippen molar-refractivity contribution in [3.8, 4) is 0 Å². The van der Waals surface area contributed by atoms with Gasteiger partial charge >= 0.3 is 0 Å². The zero-order valence-electron chi connectivity index (χ0n) is 13.1. The van der Waals surface area contributed by atoms with E-state index in [1.165, 1.54) is 43.4 Å². The topological polar surface area (TPSA) is 42.0 Å². The van der Waals surface area contributed by atoms with Crippen molar-refractivity contribution < 1.29 is 4.79 Å². The molecule has 1 N–H and O–H groups in total. The van der Waals surface area contributed by atoms with E-state index in [0.717, 1.165) is 22.1 Å². The lowest BCUT2D eigenvalue weighted by Crippen LogP contribution is -2.30. The van der Waals surface area contributed by atoms with E-state index in [1.54, 1.807) is 0 Å².